The SMILES string of the molecule is Cc1ccccc1COc1ccc(C2C3=C(CCCC3=O)Nc3nc(SCc4ccccc4Cl)nn32)cc1. The summed E-state index contributed by atoms with van der Waals surface area (Å²) < 4.78 is 7.91. The van der Waals surface area contributed by atoms with E-state index in [9.17, 15) is 4.79 Å². The number of anilines is 1. The van der Waals surface area contributed by atoms with E-state index in [2.05, 4.69) is 24.4 Å². The highest BCUT2D eigenvalue weighted by Gasteiger charge is 2.36. The molecule has 0 bridgehead atoms. The molecule has 0 radical (unpaired) electrons. The molecule has 0 saturated carbocycles. The maximum atomic E-state index is 13.1. The Balaban J connectivity index is 1.27. The summed E-state index contributed by atoms with van der Waals surface area (Å²) in [5.41, 5.74) is 6.11. The third kappa shape index (κ3) is 4.96. The molecule has 1 aromatic heterocycles. The summed E-state index contributed by atoms with van der Waals surface area (Å²) in [6.45, 7) is 2.59. The molecule has 8 heteroatoms. The first-order chi connectivity index (χ1) is 18.6. The van der Waals surface area contributed by atoms with E-state index in [1.807, 2.05) is 65.3 Å². The Morgan fingerprint density at radius 1 is 1.03 bits per heavy atom. The highest BCUT2D eigenvalue weighted by atomic mass is 35.5. The van der Waals surface area contributed by atoms with Gasteiger partial charge in [0.25, 0.3) is 0 Å². The lowest BCUT2D eigenvalue weighted by molar-refractivity contribution is -0.116. The second-order valence-electron chi connectivity index (χ2n) is 9.52. The minimum absolute atomic E-state index is 0.162. The van der Waals surface area contributed by atoms with Crippen molar-refractivity contribution in [1.82, 2.24) is 14.8 Å². The van der Waals surface area contributed by atoms with Crippen molar-refractivity contribution < 1.29 is 9.53 Å². The number of benzene rings is 3. The average Bonchev–Trinajstić information content (AvgIpc) is 3.34. The number of ketones is 1. The van der Waals surface area contributed by atoms with Gasteiger partial charge >= 0.3 is 0 Å². The minimum Gasteiger partial charge on any atom is -0.489 e. The number of hydrogen-bond donors (Lipinski definition) is 1. The number of thioether (sulfide) groups is 1. The molecule has 1 unspecified atom stereocenters. The van der Waals surface area contributed by atoms with Gasteiger partial charge in [0.05, 0.1) is 0 Å². The fourth-order valence-electron chi connectivity index (χ4n) is 4.94. The van der Waals surface area contributed by atoms with E-state index in [1.165, 1.54) is 17.3 Å². The summed E-state index contributed by atoms with van der Waals surface area (Å²) in [4.78, 5) is 17.9. The highest BCUT2D eigenvalue weighted by Crippen LogP contribution is 2.41. The first-order valence-corrected chi connectivity index (χ1v) is 14.1. The number of allylic oxidation sites excluding steroid dienone is 2. The Morgan fingerprint density at radius 2 is 1.79 bits per heavy atom. The van der Waals surface area contributed by atoms with Crippen molar-refractivity contribution in [3.63, 3.8) is 0 Å². The summed E-state index contributed by atoms with van der Waals surface area (Å²) >= 11 is 7.87. The van der Waals surface area contributed by atoms with Crippen LogP contribution in [0.3, 0.4) is 0 Å². The molecule has 2 aliphatic rings. The van der Waals surface area contributed by atoms with Crippen LogP contribution in [0.25, 0.3) is 0 Å². The average molecular weight is 543 g/mol. The van der Waals surface area contributed by atoms with Crippen LogP contribution in [0.4, 0.5) is 5.95 Å². The van der Waals surface area contributed by atoms with E-state index < -0.39 is 0 Å². The van der Waals surface area contributed by atoms with Gasteiger partial charge in [-0.3, -0.25) is 4.79 Å². The summed E-state index contributed by atoms with van der Waals surface area (Å²) in [5.74, 6) is 2.26. The van der Waals surface area contributed by atoms with Crippen LogP contribution in [0.15, 0.2) is 89.2 Å². The van der Waals surface area contributed by atoms with E-state index in [1.54, 1.807) is 0 Å². The Bertz CT molecular complexity index is 1530. The van der Waals surface area contributed by atoms with Gasteiger partial charge in [0, 0.05) is 28.5 Å². The van der Waals surface area contributed by atoms with E-state index in [0.29, 0.717) is 29.9 Å². The zero-order valence-electron chi connectivity index (χ0n) is 21.0. The first kappa shape index (κ1) is 24.8. The predicted molar refractivity (Wildman–Crippen MR) is 151 cm³/mol. The summed E-state index contributed by atoms with van der Waals surface area (Å²) in [6.07, 6.45) is 2.21. The second-order valence-corrected chi connectivity index (χ2v) is 10.9. The standard InChI is InChI=1S/C30H27ClN4O2S/c1-19-7-2-3-8-21(19)17-37-23-15-13-20(14-16-23)28-27-25(11-6-12-26(27)36)32-29-33-30(34-35(28)29)38-18-22-9-4-5-10-24(22)31/h2-5,7-10,13-16,28H,6,11-12,17-18H2,1H3,(H,32,33,34). The van der Waals surface area contributed by atoms with Gasteiger partial charge in [-0.1, -0.05) is 78.0 Å². The Morgan fingerprint density at radius 3 is 2.58 bits per heavy atom. The predicted octanol–water partition coefficient (Wildman–Crippen LogP) is 7.13. The number of ether oxygens (including phenoxy) is 1. The molecule has 192 valence electrons. The molecule has 3 aromatic carbocycles. The van der Waals surface area contributed by atoms with Crippen molar-refractivity contribution in [2.45, 2.75) is 49.7 Å². The first-order valence-electron chi connectivity index (χ1n) is 12.7. The monoisotopic (exact) mass is 542 g/mol. The van der Waals surface area contributed by atoms with Crippen LogP contribution in [0.2, 0.25) is 5.02 Å². The molecule has 1 aliphatic heterocycles. The van der Waals surface area contributed by atoms with Gasteiger partial charge in [-0.2, -0.15) is 4.98 Å². The lowest BCUT2D eigenvalue weighted by Gasteiger charge is -2.32. The number of aromatic nitrogens is 3. The number of nitrogens with zero attached hydrogens (tertiary/aromatic N) is 3. The number of carbonyl (C=O) groups is 1. The van der Waals surface area contributed by atoms with Crippen LogP contribution in [0.5, 0.6) is 5.75 Å². The zero-order chi connectivity index (χ0) is 26.1. The molecule has 38 heavy (non-hydrogen) atoms. The zero-order valence-corrected chi connectivity index (χ0v) is 22.6. The van der Waals surface area contributed by atoms with E-state index >= 15 is 0 Å². The fraction of sp³-hybridized carbons (Fsp3) is 0.233. The smallest absolute Gasteiger partial charge is 0.227 e. The molecule has 0 spiro atoms. The van der Waals surface area contributed by atoms with Crippen LogP contribution in [0.1, 0.15) is 47.6 Å². The molecular formula is C30H27ClN4O2S. The molecule has 0 amide bonds. The number of carbonyl (C=O) groups excluding carboxylic acids is 1. The number of Topliss-reactive ketones (excluding diaryl/α,β-unsaturated/α-hetero) is 1. The number of aryl methyl sites for hydroxylation is 1. The quantitative estimate of drug-likeness (QED) is 0.250. The highest BCUT2D eigenvalue weighted by molar-refractivity contribution is 7.98. The van der Waals surface area contributed by atoms with Crippen LogP contribution < -0.4 is 10.1 Å². The summed E-state index contributed by atoms with van der Waals surface area (Å²) in [7, 11) is 0. The topological polar surface area (TPSA) is 69.0 Å². The van der Waals surface area contributed by atoms with Gasteiger partial charge in [-0.05, 0) is 60.2 Å². The number of fused-ring (bicyclic) bond motifs is 1. The van der Waals surface area contributed by atoms with Crippen molar-refractivity contribution in [2.24, 2.45) is 0 Å². The van der Waals surface area contributed by atoms with Crippen LogP contribution in [-0.2, 0) is 17.2 Å². The number of hydrogen-bond acceptors (Lipinski definition) is 6. The van der Waals surface area contributed by atoms with Gasteiger partial charge in [-0.15, -0.1) is 5.10 Å². The van der Waals surface area contributed by atoms with Crippen molar-refractivity contribution in [2.75, 3.05) is 5.32 Å². The van der Waals surface area contributed by atoms with E-state index in [-0.39, 0.29) is 11.8 Å². The largest absolute Gasteiger partial charge is 0.489 e. The third-order valence-electron chi connectivity index (χ3n) is 7.01. The van der Waals surface area contributed by atoms with Crippen molar-refractivity contribution in [3.8, 4) is 5.75 Å². The van der Waals surface area contributed by atoms with Gasteiger partial charge < -0.3 is 10.1 Å². The molecule has 6 nitrogen and oxygen atoms in total. The molecule has 6 rings (SSSR count). The summed E-state index contributed by atoms with van der Waals surface area (Å²) in [5, 5.41) is 9.60. The van der Waals surface area contributed by atoms with E-state index in [4.69, 9.17) is 26.4 Å². The summed E-state index contributed by atoms with van der Waals surface area (Å²) in [6, 6.07) is 23.7. The van der Waals surface area contributed by atoms with Crippen molar-refractivity contribution in [3.05, 3.63) is 111 Å². The van der Waals surface area contributed by atoms with Crippen LogP contribution in [-0.4, -0.2) is 20.5 Å². The molecule has 4 aromatic rings. The molecule has 0 saturated heterocycles. The molecular weight excluding hydrogens is 516 g/mol. The molecule has 2 heterocycles. The van der Waals surface area contributed by atoms with Crippen molar-refractivity contribution in [1.29, 1.82) is 0 Å². The fourth-order valence-corrected chi connectivity index (χ4v) is 6.06. The molecule has 1 atom stereocenters. The van der Waals surface area contributed by atoms with Crippen molar-refractivity contribution >= 4 is 35.1 Å². The number of halogens is 1. The lowest BCUT2D eigenvalue weighted by atomic mass is 9.85. The Kier molecular flexibility index (Phi) is 6.96. The van der Waals surface area contributed by atoms with Gasteiger partial charge in [0.2, 0.25) is 11.1 Å². The van der Waals surface area contributed by atoms with Gasteiger partial charge in [0.1, 0.15) is 18.4 Å². The molecule has 0 fully saturated rings. The Labute approximate surface area is 231 Å². The third-order valence-corrected chi connectivity index (χ3v) is 8.27. The maximum Gasteiger partial charge on any atom is 0.227 e. The number of nitrogens with one attached hydrogen (secondary N) is 1. The lowest BCUT2D eigenvalue weighted by Crippen LogP contribution is -2.31. The normalized spacial score (nSPS) is 16.6. The van der Waals surface area contributed by atoms with Gasteiger partial charge in [0.15, 0.2) is 5.78 Å². The van der Waals surface area contributed by atoms with Crippen LogP contribution in [0, 0.1) is 6.92 Å². The minimum atomic E-state index is -0.332. The second kappa shape index (κ2) is 10.7. The number of rotatable bonds is 7. The molecule has 1 aliphatic carbocycles. The Hall–Kier alpha value is -3.55. The maximum absolute atomic E-state index is 13.1. The van der Waals surface area contributed by atoms with Crippen LogP contribution >= 0.6 is 23.4 Å². The molecule has 1 N–H and O–H groups in total. The van der Waals surface area contributed by atoms with E-state index in [0.717, 1.165) is 51.6 Å². The van der Waals surface area contributed by atoms with Gasteiger partial charge in [-0.25, -0.2) is 4.68 Å².